The number of nitrogens with two attached hydrogens (primary N) is 1. The zero-order valence-electron chi connectivity index (χ0n) is 11.7. The molecule has 0 bridgehead atoms. The van der Waals surface area contributed by atoms with Crippen molar-refractivity contribution in [3.63, 3.8) is 0 Å². The summed E-state index contributed by atoms with van der Waals surface area (Å²) in [6.45, 7) is 4.20. The highest BCUT2D eigenvalue weighted by molar-refractivity contribution is 7.19. The molecular weight excluding hydrogens is 268 g/mol. The number of anilines is 1. The Labute approximate surface area is 122 Å². The summed E-state index contributed by atoms with van der Waals surface area (Å²) in [5, 5.41) is 1.03. The van der Waals surface area contributed by atoms with E-state index >= 15 is 0 Å². The Kier molecular flexibility index (Phi) is 3.10. The molecule has 2 aromatic heterocycles. The van der Waals surface area contributed by atoms with Gasteiger partial charge in [-0.15, -0.1) is 11.3 Å². The molecule has 0 spiro atoms. The maximum absolute atomic E-state index is 6.21. The predicted molar refractivity (Wildman–Crippen MR) is 85.5 cm³/mol. The second-order valence-corrected chi connectivity index (χ2v) is 6.04. The molecule has 0 saturated carbocycles. The summed E-state index contributed by atoms with van der Waals surface area (Å²) >= 11 is 1.65. The Morgan fingerprint density at radius 3 is 2.70 bits per heavy atom. The number of nitrogens with zero attached hydrogens (tertiary/aromatic N) is 1. The molecule has 4 heteroatoms. The van der Waals surface area contributed by atoms with Crippen LogP contribution >= 0.6 is 11.3 Å². The number of methoxy groups -OCH3 is 1. The highest BCUT2D eigenvalue weighted by atomic mass is 32.1. The molecule has 0 unspecified atom stereocenters. The smallest absolute Gasteiger partial charge is 0.216 e. The highest BCUT2D eigenvalue weighted by Gasteiger charge is 2.16. The van der Waals surface area contributed by atoms with Gasteiger partial charge in [0.15, 0.2) is 0 Å². The molecule has 0 aliphatic rings. The summed E-state index contributed by atoms with van der Waals surface area (Å²) in [6.07, 6.45) is 0. The van der Waals surface area contributed by atoms with Crippen LogP contribution in [0.5, 0.6) is 5.88 Å². The van der Waals surface area contributed by atoms with E-state index in [9.17, 15) is 0 Å². The number of ether oxygens (including phenoxy) is 1. The summed E-state index contributed by atoms with van der Waals surface area (Å²) in [5.74, 6) is 0.562. The normalized spacial score (nSPS) is 10.9. The molecule has 102 valence electrons. The van der Waals surface area contributed by atoms with Crippen LogP contribution in [0.1, 0.15) is 10.4 Å². The first-order valence-corrected chi connectivity index (χ1v) is 7.22. The van der Waals surface area contributed by atoms with E-state index in [0.29, 0.717) is 11.6 Å². The van der Waals surface area contributed by atoms with Crippen molar-refractivity contribution in [2.24, 2.45) is 0 Å². The molecule has 0 saturated heterocycles. The van der Waals surface area contributed by atoms with E-state index in [0.717, 1.165) is 10.2 Å². The second kappa shape index (κ2) is 4.80. The number of thiophene rings is 1. The first kappa shape index (κ1) is 12.9. The summed E-state index contributed by atoms with van der Waals surface area (Å²) in [7, 11) is 1.61. The molecule has 0 amide bonds. The Morgan fingerprint density at radius 1 is 1.20 bits per heavy atom. The van der Waals surface area contributed by atoms with Gasteiger partial charge in [-0.2, -0.15) is 0 Å². The fourth-order valence-electron chi connectivity index (χ4n) is 2.47. The second-order valence-electron chi connectivity index (χ2n) is 4.84. The molecule has 3 nitrogen and oxygen atoms in total. The molecule has 2 N–H and O–H groups in total. The third kappa shape index (κ3) is 2.02. The average Bonchev–Trinajstić information content (AvgIpc) is 2.75. The van der Waals surface area contributed by atoms with Gasteiger partial charge in [-0.3, -0.25) is 0 Å². The zero-order chi connectivity index (χ0) is 14.3. The average molecular weight is 284 g/mol. The Hall–Kier alpha value is -2.07. The van der Waals surface area contributed by atoms with Crippen LogP contribution in [0.2, 0.25) is 0 Å². The Bertz CT molecular complexity index is 793. The minimum atomic E-state index is 0.562. The standard InChI is InChI=1S/C16H16N2OS/c1-9-5-4-6-11(7-9)14-10(2)20-16-15(14)12(17)8-13(18-16)19-3/h4-8H,1-3H3,(H2,17,18). The number of hydrogen-bond donors (Lipinski definition) is 1. The lowest BCUT2D eigenvalue weighted by Crippen LogP contribution is -1.93. The summed E-state index contributed by atoms with van der Waals surface area (Å²) < 4.78 is 5.19. The Balaban J connectivity index is 2.33. The molecule has 1 aromatic carbocycles. The van der Waals surface area contributed by atoms with Crippen LogP contribution in [-0.4, -0.2) is 12.1 Å². The van der Waals surface area contributed by atoms with Crippen molar-refractivity contribution < 1.29 is 4.74 Å². The van der Waals surface area contributed by atoms with E-state index in [1.807, 2.05) is 0 Å². The summed E-state index contributed by atoms with van der Waals surface area (Å²) in [6, 6.07) is 10.2. The molecule has 0 aliphatic carbocycles. The van der Waals surface area contributed by atoms with Crippen LogP contribution in [0, 0.1) is 13.8 Å². The van der Waals surface area contributed by atoms with Gasteiger partial charge in [-0.25, -0.2) is 4.98 Å². The van der Waals surface area contributed by atoms with E-state index < -0.39 is 0 Å². The van der Waals surface area contributed by atoms with E-state index in [1.165, 1.54) is 21.6 Å². The van der Waals surface area contributed by atoms with Crippen LogP contribution in [0.25, 0.3) is 21.3 Å². The molecule has 0 radical (unpaired) electrons. The topological polar surface area (TPSA) is 48.1 Å². The van der Waals surface area contributed by atoms with Gasteiger partial charge >= 0.3 is 0 Å². The first-order chi connectivity index (χ1) is 9.60. The molecule has 0 atom stereocenters. The van der Waals surface area contributed by atoms with Crippen molar-refractivity contribution in [2.45, 2.75) is 13.8 Å². The fraction of sp³-hybridized carbons (Fsp3) is 0.188. The third-order valence-electron chi connectivity index (χ3n) is 3.36. The molecule has 2 heterocycles. The lowest BCUT2D eigenvalue weighted by atomic mass is 10.0. The maximum Gasteiger partial charge on any atom is 0.216 e. The number of aromatic nitrogens is 1. The minimum Gasteiger partial charge on any atom is -0.481 e. The number of pyridine rings is 1. The van der Waals surface area contributed by atoms with Gasteiger partial charge < -0.3 is 10.5 Å². The number of nitrogen functional groups attached to an aromatic ring is 1. The van der Waals surface area contributed by atoms with Gasteiger partial charge in [-0.05, 0) is 19.4 Å². The lowest BCUT2D eigenvalue weighted by molar-refractivity contribution is 0.400. The van der Waals surface area contributed by atoms with Gasteiger partial charge in [0.2, 0.25) is 5.88 Å². The maximum atomic E-state index is 6.21. The molecule has 0 aliphatic heterocycles. The Morgan fingerprint density at radius 2 is 2.00 bits per heavy atom. The number of aryl methyl sites for hydroxylation is 2. The van der Waals surface area contributed by atoms with Gasteiger partial charge in [0.1, 0.15) is 4.83 Å². The van der Waals surface area contributed by atoms with Crippen molar-refractivity contribution in [1.82, 2.24) is 4.98 Å². The van der Waals surface area contributed by atoms with Crippen molar-refractivity contribution >= 4 is 27.2 Å². The number of fused-ring (bicyclic) bond motifs is 1. The van der Waals surface area contributed by atoms with Crippen molar-refractivity contribution in [3.8, 4) is 17.0 Å². The molecule has 0 fully saturated rings. The van der Waals surface area contributed by atoms with Crippen LogP contribution in [0.3, 0.4) is 0 Å². The number of hydrogen-bond acceptors (Lipinski definition) is 4. The van der Waals surface area contributed by atoms with Gasteiger partial charge in [0.05, 0.1) is 7.11 Å². The molecule has 3 rings (SSSR count). The van der Waals surface area contributed by atoms with Crippen molar-refractivity contribution in [3.05, 3.63) is 40.8 Å². The van der Waals surface area contributed by atoms with E-state index in [4.69, 9.17) is 10.5 Å². The van der Waals surface area contributed by atoms with E-state index in [2.05, 4.69) is 43.1 Å². The van der Waals surface area contributed by atoms with Crippen molar-refractivity contribution in [2.75, 3.05) is 12.8 Å². The zero-order valence-corrected chi connectivity index (χ0v) is 12.5. The monoisotopic (exact) mass is 284 g/mol. The quantitative estimate of drug-likeness (QED) is 0.768. The molecule has 3 aromatic rings. The SMILES string of the molecule is COc1cc(N)c2c(-c3cccc(C)c3)c(C)sc2n1. The molecule has 20 heavy (non-hydrogen) atoms. The third-order valence-corrected chi connectivity index (χ3v) is 4.36. The van der Waals surface area contributed by atoms with Crippen LogP contribution in [0.15, 0.2) is 30.3 Å². The van der Waals surface area contributed by atoms with Crippen LogP contribution in [0.4, 0.5) is 5.69 Å². The summed E-state index contributed by atoms with van der Waals surface area (Å²) in [4.78, 5) is 6.65. The fourth-order valence-corrected chi connectivity index (χ4v) is 3.54. The largest absolute Gasteiger partial charge is 0.481 e. The lowest BCUT2D eigenvalue weighted by Gasteiger charge is -2.06. The van der Waals surface area contributed by atoms with Gasteiger partial charge in [0, 0.05) is 27.6 Å². The van der Waals surface area contributed by atoms with E-state index in [-0.39, 0.29) is 0 Å². The van der Waals surface area contributed by atoms with E-state index in [1.54, 1.807) is 24.5 Å². The van der Waals surface area contributed by atoms with Crippen LogP contribution < -0.4 is 10.5 Å². The highest BCUT2D eigenvalue weighted by Crippen LogP contribution is 2.41. The van der Waals surface area contributed by atoms with Crippen molar-refractivity contribution in [1.29, 1.82) is 0 Å². The summed E-state index contributed by atoms with van der Waals surface area (Å²) in [5.41, 5.74) is 10.5. The minimum absolute atomic E-state index is 0.562. The number of rotatable bonds is 2. The predicted octanol–water partition coefficient (Wildman–Crippen LogP) is 4.17. The first-order valence-electron chi connectivity index (χ1n) is 6.41. The number of benzene rings is 1. The van der Waals surface area contributed by atoms with Gasteiger partial charge in [0.25, 0.3) is 0 Å². The molecular formula is C16H16N2OS. The van der Waals surface area contributed by atoms with Gasteiger partial charge in [-0.1, -0.05) is 29.8 Å². The van der Waals surface area contributed by atoms with Crippen LogP contribution in [-0.2, 0) is 0 Å².